The van der Waals surface area contributed by atoms with Crippen LogP contribution in [0, 0.1) is 13.8 Å². The summed E-state index contributed by atoms with van der Waals surface area (Å²) in [6.07, 6.45) is 0. The van der Waals surface area contributed by atoms with Gasteiger partial charge in [0.15, 0.2) is 5.82 Å². The van der Waals surface area contributed by atoms with E-state index in [-0.39, 0.29) is 6.04 Å². The number of hydrogen-bond acceptors (Lipinski definition) is 4. The second kappa shape index (κ2) is 7.00. The minimum Gasteiger partial charge on any atom is -0.496 e. The molecule has 5 nitrogen and oxygen atoms in total. The average molecular weight is 372 g/mol. The lowest BCUT2D eigenvalue weighted by atomic mass is 10.1. The van der Waals surface area contributed by atoms with Crippen LogP contribution in [-0.4, -0.2) is 21.6 Å². The maximum absolute atomic E-state index is 6.40. The first-order valence-corrected chi connectivity index (χ1v) is 9.35. The van der Waals surface area contributed by atoms with Crippen LogP contribution in [0.4, 0.5) is 5.82 Å². The van der Waals surface area contributed by atoms with Crippen molar-refractivity contribution in [1.82, 2.24) is 14.5 Å². The summed E-state index contributed by atoms with van der Waals surface area (Å²) in [6.45, 7) is 6.37. The van der Waals surface area contributed by atoms with E-state index in [1.54, 1.807) is 7.11 Å². The molecule has 0 aliphatic heterocycles. The standard InChI is InChI=1S/C23H24N4O/c1-14-15(2)27(16(3)17-10-6-5-7-11-17)23-20(14)21(24)25-22(26-23)18-12-8-9-13-19(18)28-4/h5-13,16H,1-4H3,(H2,24,25,26)/t16-/m1/s1. The molecular weight excluding hydrogens is 348 g/mol. The molecule has 0 unspecified atom stereocenters. The third kappa shape index (κ3) is 2.80. The lowest BCUT2D eigenvalue weighted by molar-refractivity contribution is 0.416. The van der Waals surface area contributed by atoms with Crippen molar-refractivity contribution in [2.75, 3.05) is 12.8 Å². The van der Waals surface area contributed by atoms with Crippen molar-refractivity contribution < 1.29 is 4.74 Å². The molecule has 0 bridgehead atoms. The lowest BCUT2D eigenvalue weighted by Gasteiger charge is -2.18. The number of fused-ring (bicyclic) bond motifs is 1. The number of para-hydroxylation sites is 1. The van der Waals surface area contributed by atoms with Gasteiger partial charge in [0, 0.05) is 5.69 Å². The summed E-state index contributed by atoms with van der Waals surface area (Å²) in [5.41, 5.74) is 11.6. The number of aromatic nitrogens is 3. The molecule has 0 aliphatic carbocycles. The molecule has 0 saturated carbocycles. The lowest BCUT2D eigenvalue weighted by Crippen LogP contribution is -2.10. The summed E-state index contributed by atoms with van der Waals surface area (Å²) >= 11 is 0. The highest BCUT2D eigenvalue weighted by Crippen LogP contribution is 2.35. The van der Waals surface area contributed by atoms with E-state index >= 15 is 0 Å². The van der Waals surface area contributed by atoms with E-state index < -0.39 is 0 Å². The molecule has 2 N–H and O–H groups in total. The smallest absolute Gasteiger partial charge is 0.167 e. The molecule has 4 rings (SSSR count). The topological polar surface area (TPSA) is 66.0 Å². The van der Waals surface area contributed by atoms with E-state index in [1.807, 2.05) is 30.3 Å². The Morgan fingerprint density at radius 3 is 2.36 bits per heavy atom. The first-order chi connectivity index (χ1) is 13.5. The maximum atomic E-state index is 6.40. The van der Waals surface area contributed by atoms with Gasteiger partial charge in [-0.25, -0.2) is 9.97 Å². The monoisotopic (exact) mass is 372 g/mol. The SMILES string of the molecule is COc1ccccc1-c1nc(N)c2c(C)c(C)n([C@H](C)c3ccccc3)c2n1. The Morgan fingerprint density at radius 1 is 0.964 bits per heavy atom. The summed E-state index contributed by atoms with van der Waals surface area (Å²) in [6, 6.07) is 18.3. The summed E-state index contributed by atoms with van der Waals surface area (Å²) in [7, 11) is 1.65. The van der Waals surface area contributed by atoms with Crippen LogP contribution in [-0.2, 0) is 0 Å². The zero-order valence-electron chi connectivity index (χ0n) is 16.6. The number of hydrogen-bond donors (Lipinski definition) is 1. The van der Waals surface area contributed by atoms with Crippen molar-refractivity contribution in [2.45, 2.75) is 26.8 Å². The largest absolute Gasteiger partial charge is 0.496 e. The Balaban J connectivity index is 1.99. The van der Waals surface area contributed by atoms with Gasteiger partial charge in [-0.1, -0.05) is 42.5 Å². The highest BCUT2D eigenvalue weighted by atomic mass is 16.5. The fraction of sp³-hybridized carbons (Fsp3) is 0.217. The number of aryl methyl sites for hydroxylation is 1. The second-order valence-electron chi connectivity index (χ2n) is 7.00. The first-order valence-electron chi connectivity index (χ1n) is 9.35. The predicted octanol–water partition coefficient (Wildman–Crippen LogP) is 4.92. The number of rotatable bonds is 4. The quantitative estimate of drug-likeness (QED) is 0.552. The van der Waals surface area contributed by atoms with E-state index in [0.29, 0.717) is 11.6 Å². The predicted molar refractivity (Wildman–Crippen MR) is 114 cm³/mol. The number of ether oxygens (including phenoxy) is 1. The van der Waals surface area contributed by atoms with Crippen LogP contribution in [0.1, 0.15) is 29.8 Å². The van der Waals surface area contributed by atoms with Crippen LogP contribution in [0.15, 0.2) is 54.6 Å². The van der Waals surface area contributed by atoms with Crippen molar-refractivity contribution in [3.8, 4) is 17.1 Å². The van der Waals surface area contributed by atoms with E-state index in [0.717, 1.165) is 33.6 Å². The Bertz CT molecular complexity index is 1150. The van der Waals surface area contributed by atoms with Gasteiger partial charge >= 0.3 is 0 Å². The fourth-order valence-electron chi connectivity index (χ4n) is 3.82. The van der Waals surface area contributed by atoms with Gasteiger partial charge in [-0.3, -0.25) is 0 Å². The molecule has 0 fully saturated rings. The normalized spacial score (nSPS) is 12.3. The van der Waals surface area contributed by atoms with Gasteiger partial charge in [-0.15, -0.1) is 0 Å². The van der Waals surface area contributed by atoms with Crippen molar-refractivity contribution in [2.24, 2.45) is 0 Å². The Labute approximate surface area is 164 Å². The van der Waals surface area contributed by atoms with Gasteiger partial charge in [0.2, 0.25) is 0 Å². The molecule has 142 valence electrons. The average Bonchev–Trinajstić information content (AvgIpc) is 2.98. The van der Waals surface area contributed by atoms with Crippen LogP contribution in [0.2, 0.25) is 0 Å². The highest BCUT2D eigenvalue weighted by molar-refractivity contribution is 5.92. The third-order valence-corrected chi connectivity index (χ3v) is 5.44. The number of nitrogen functional groups attached to an aromatic ring is 1. The van der Waals surface area contributed by atoms with Gasteiger partial charge in [0.25, 0.3) is 0 Å². The molecule has 0 aliphatic rings. The summed E-state index contributed by atoms with van der Waals surface area (Å²) in [4.78, 5) is 9.54. The summed E-state index contributed by atoms with van der Waals surface area (Å²) < 4.78 is 7.75. The van der Waals surface area contributed by atoms with Gasteiger partial charge < -0.3 is 15.0 Å². The van der Waals surface area contributed by atoms with E-state index in [4.69, 9.17) is 15.5 Å². The molecule has 5 heteroatoms. The van der Waals surface area contributed by atoms with Crippen LogP contribution in [0.25, 0.3) is 22.4 Å². The van der Waals surface area contributed by atoms with Gasteiger partial charge in [-0.2, -0.15) is 0 Å². The summed E-state index contributed by atoms with van der Waals surface area (Å²) in [5, 5.41) is 0.916. The van der Waals surface area contributed by atoms with Crippen LogP contribution < -0.4 is 10.5 Å². The van der Waals surface area contributed by atoms with E-state index in [1.165, 1.54) is 5.56 Å². The Morgan fingerprint density at radius 2 is 1.64 bits per heavy atom. The molecular formula is C23H24N4O. The third-order valence-electron chi connectivity index (χ3n) is 5.44. The van der Waals surface area contributed by atoms with Crippen LogP contribution in [0.3, 0.4) is 0 Å². The minimum atomic E-state index is 0.122. The van der Waals surface area contributed by atoms with Crippen molar-refractivity contribution in [3.63, 3.8) is 0 Å². The molecule has 1 atom stereocenters. The van der Waals surface area contributed by atoms with E-state index in [2.05, 4.69) is 54.6 Å². The molecule has 2 heterocycles. The number of anilines is 1. The maximum Gasteiger partial charge on any atom is 0.167 e. The van der Waals surface area contributed by atoms with Crippen LogP contribution in [0.5, 0.6) is 5.75 Å². The molecule has 0 amide bonds. The molecule has 2 aromatic carbocycles. The minimum absolute atomic E-state index is 0.122. The number of nitrogens with two attached hydrogens (primary N) is 1. The molecule has 2 aromatic heterocycles. The van der Waals surface area contributed by atoms with Crippen molar-refractivity contribution in [3.05, 3.63) is 71.4 Å². The fourth-order valence-corrected chi connectivity index (χ4v) is 3.82. The number of benzene rings is 2. The van der Waals surface area contributed by atoms with E-state index in [9.17, 15) is 0 Å². The Hall–Kier alpha value is -3.34. The Kier molecular flexibility index (Phi) is 4.51. The molecule has 0 radical (unpaired) electrons. The zero-order valence-corrected chi connectivity index (χ0v) is 16.6. The molecule has 0 spiro atoms. The molecule has 28 heavy (non-hydrogen) atoms. The van der Waals surface area contributed by atoms with Gasteiger partial charge in [0.1, 0.15) is 17.2 Å². The zero-order chi connectivity index (χ0) is 19.8. The van der Waals surface area contributed by atoms with Crippen molar-refractivity contribution >= 4 is 16.9 Å². The van der Waals surface area contributed by atoms with Crippen LogP contribution >= 0.6 is 0 Å². The first kappa shape index (κ1) is 18.0. The summed E-state index contributed by atoms with van der Waals surface area (Å²) in [5.74, 6) is 1.79. The number of nitrogens with zero attached hydrogens (tertiary/aromatic N) is 3. The molecule has 0 saturated heterocycles. The van der Waals surface area contributed by atoms with Gasteiger partial charge in [-0.05, 0) is 44.0 Å². The van der Waals surface area contributed by atoms with Gasteiger partial charge in [0.05, 0.1) is 24.1 Å². The van der Waals surface area contributed by atoms with Crippen molar-refractivity contribution in [1.29, 1.82) is 0 Å². The second-order valence-corrected chi connectivity index (χ2v) is 7.00. The number of methoxy groups -OCH3 is 1. The molecule has 4 aromatic rings. The highest BCUT2D eigenvalue weighted by Gasteiger charge is 2.22.